The first-order valence-corrected chi connectivity index (χ1v) is 2.93. The third kappa shape index (κ3) is 2.07. The first-order chi connectivity index (χ1) is 3.72. The van der Waals surface area contributed by atoms with Gasteiger partial charge in [0.05, 0.1) is 0 Å². The van der Waals surface area contributed by atoms with Crippen molar-refractivity contribution in [3.8, 4) is 0 Å². The van der Waals surface area contributed by atoms with Crippen molar-refractivity contribution in [2.75, 3.05) is 0 Å². The number of carbonyl (C=O) groups is 1. The van der Waals surface area contributed by atoms with Gasteiger partial charge in [-0.3, -0.25) is 4.79 Å². The Hall–Kier alpha value is -0.370. The number of aliphatic hydroxyl groups excluding tert-OH is 1. The molecule has 48 valence electrons. The molecule has 0 saturated heterocycles. The number of hydrogen-bond acceptors (Lipinski definition) is 2. The summed E-state index contributed by atoms with van der Waals surface area (Å²) in [5.74, 6) is -0.0625. The van der Waals surface area contributed by atoms with Crippen LogP contribution in [0.3, 0.4) is 0 Å². The topological polar surface area (TPSA) is 37.3 Å². The van der Waals surface area contributed by atoms with Crippen LogP contribution in [0.15, 0.2) is 0 Å². The summed E-state index contributed by atoms with van der Waals surface area (Å²) in [4.78, 5) is 10.5. The average molecular weight is 116 g/mol. The Balaban J connectivity index is 3.46. The molecule has 0 rings (SSSR count). The van der Waals surface area contributed by atoms with Gasteiger partial charge in [0.15, 0.2) is 5.78 Å². The van der Waals surface area contributed by atoms with E-state index in [2.05, 4.69) is 0 Å². The Morgan fingerprint density at radius 2 is 2.12 bits per heavy atom. The molecule has 0 aliphatic carbocycles. The summed E-state index contributed by atoms with van der Waals surface area (Å²) >= 11 is 0. The molecule has 0 aromatic heterocycles. The molecule has 0 heterocycles. The van der Waals surface area contributed by atoms with Gasteiger partial charge in [-0.15, -0.1) is 0 Å². The van der Waals surface area contributed by atoms with Crippen molar-refractivity contribution in [1.82, 2.24) is 0 Å². The number of ketones is 1. The SMILES string of the molecule is CCC(=O)[C@@H](O)CC. The van der Waals surface area contributed by atoms with Crippen LogP contribution in [0.25, 0.3) is 0 Å². The largest absolute Gasteiger partial charge is 0.385 e. The fourth-order valence-electron chi connectivity index (χ4n) is 0.463. The van der Waals surface area contributed by atoms with Crippen LogP contribution >= 0.6 is 0 Å². The van der Waals surface area contributed by atoms with Gasteiger partial charge in [0.2, 0.25) is 0 Å². The zero-order valence-corrected chi connectivity index (χ0v) is 5.35. The number of aliphatic hydroxyl groups is 1. The molecule has 0 amide bonds. The van der Waals surface area contributed by atoms with Crippen LogP contribution in [0.2, 0.25) is 0 Å². The molecule has 0 radical (unpaired) electrons. The highest BCUT2D eigenvalue weighted by molar-refractivity contribution is 5.82. The highest BCUT2D eigenvalue weighted by Crippen LogP contribution is 1.93. The van der Waals surface area contributed by atoms with Crippen molar-refractivity contribution in [2.45, 2.75) is 32.8 Å². The molecule has 0 bridgehead atoms. The Bertz CT molecular complexity index is 78.6. The highest BCUT2D eigenvalue weighted by Gasteiger charge is 2.07. The van der Waals surface area contributed by atoms with Crippen LogP contribution in [0.5, 0.6) is 0 Å². The average Bonchev–Trinajstić information content (AvgIpc) is 1.84. The van der Waals surface area contributed by atoms with Crippen LogP contribution in [0, 0.1) is 0 Å². The van der Waals surface area contributed by atoms with E-state index in [4.69, 9.17) is 5.11 Å². The molecular weight excluding hydrogens is 104 g/mol. The van der Waals surface area contributed by atoms with E-state index in [1.807, 2.05) is 0 Å². The third-order valence-corrected chi connectivity index (χ3v) is 1.11. The van der Waals surface area contributed by atoms with Gasteiger partial charge < -0.3 is 5.11 Å². The van der Waals surface area contributed by atoms with Gasteiger partial charge in [-0.2, -0.15) is 0 Å². The van der Waals surface area contributed by atoms with E-state index < -0.39 is 6.10 Å². The van der Waals surface area contributed by atoms with E-state index in [1.165, 1.54) is 0 Å². The van der Waals surface area contributed by atoms with Crippen molar-refractivity contribution < 1.29 is 9.90 Å². The second-order valence-electron chi connectivity index (χ2n) is 1.74. The number of hydrogen-bond donors (Lipinski definition) is 1. The van der Waals surface area contributed by atoms with E-state index >= 15 is 0 Å². The van der Waals surface area contributed by atoms with Crippen molar-refractivity contribution in [3.05, 3.63) is 0 Å². The lowest BCUT2D eigenvalue weighted by Crippen LogP contribution is -2.17. The predicted octanol–water partition coefficient (Wildman–Crippen LogP) is 0.736. The molecule has 0 aromatic rings. The summed E-state index contributed by atoms with van der Waals surface area (Å²) in [6, 6.07) is 0. The predicted molar refractivity (Wildman–Crippen MR) is 31.6 cm³/mol. The summed E-state index contributed by atoms with van der Waals surface area (Å²) in [5.41, 5.74) is 0. The molecule has 1 atom stereocenters. The second kappa shape index (κ2) is 3.61. The zero-order valence-electron chi connectivity index (χ0n) is 5.35. The number of Topliss-reactive ketones (excluding diaryl/α,β-unsaturated/α-hetero) is 1. The van der Waals surface area contributed by atoms with Crippen LogP contribution in [0.4, 0.5) is 0 Å². The van der Waals surface area contributed by atoms with E-state index in [0.29, 0.717) is 12.8 Å². The van der Waals surface area contributed by atoms with Crippen LogP contribution in [-0.2, 0) is 4.79 Å². The molecule has 0 aliphatic heterocycles. The maximum atomic E-state index is 10.5. The van der Waals surface area contributed by atoms with Gasteiger partial charge in [0, 0.05) is 6.42 Å². The summed E-state index contributed by atoms with van der Waals surface area (Å²) in [5, 5.41) is 8.78. The Morgan fingerprint density at radius 3 is 2.25 bits per heavy atom. The maximum absolute atomic E-state index is 10.5. The Labute approximate surface area is 49.5 Å². The van der Waals surface area contributed by atoms with Crippen LogP contribution in [0.1, 0.15) is 26.7 Å². The number of carbonyl (C=O) groups excluding carboxylic acids is 1. The quantitative estimate of drug-likeness (QED) is 0.590. The fourth-order valence-corrected chi connectivity index (χ4v) is 0.463. The molecule has 0 aromatic carbocycles. The summed E-state index contributed by atoms with van der Waals surface area (Å²) < 4.78 is 0. The minimum absolute atomic E-state index is 0.0625. The molecule has 8 heavy (non-hydrogen) atoms. The van der Waals surface area contributed by atoms with E-state index in [-0.39, 0.29) is 5.78 Å². The Kier molecular flexibility index (Phi) is 3.44. The van der Waals surface area contributed by atoms with Gasteiger partial charge in [0.25, 0.3) is 0 Å². The lowest BCUT2D eigenvalue weighted by atomic mass is 10.1. The second-order valence-corrected chi connectivity index (χ2v) is 1.74. The van der Waals surface area contributed by atoms with Gasteiger partial charge >= 0.3 is 0 Å². The molecule has 1 N–H and O–H groups in total. The molecule has 0 unspecified atom stereocenters. The smallest absolute Gasteiger partial charge is 0.160 e. The summed E-state index contributed by atoms with van der Waals surface area (Å²) in [7, 11) is 0. The van der Waals surface area contributed by atoms with Crippen molar-refractivity contribution >= 4 is 5.78 Å². The molecule has 0 spiro atoms. The zero-order chi connectivity index (χ0) is 6.57. The maximum Gasteiger partial charge on any atom is 0.160 e. The lowest BCUT2D eigenvalue weighted by molar-refractivity contribution is -0.126. The third-order valence-electron chi connectivity index (χ3n) is 1.11. The molecular formula is C6H12O2. The van der Waals surface area contributed by atoms with Gasteiger partial charge in [-0.05, 0) is 6.42 Å². The monoisotopic (exact) mass is 116 g/mol. The molecule has 0 fully saturated rings. The summed E-state index contributed by atoms with van der Waals surface area (Å²) in [6.45, 7) is 3.54. The number of rotatable bonds is 3. The van der Waals surface area contributed by atoms with Crippen LogP contribution < -0.4 is 0 Å². The van der Waals surface area contributed by atoms with E-state index in [0.717, 1.165) is 0 Å². The first-order valence-electron chi connectivity index (χ1n) is 2.93. The standard InChI is InChI=1S/C6H12O2/c1-3-5(7)6(8)4-2/h5,7H,3-4H2,1-2H3/t5-/m0/s1. The van der Waals surface area contributed by atoms with Gasteiger partial charge in [0.1, 0.15) is 6.10 Å². The van der Waals surface area contributed by atoms with Crippen molar-refractivity contribution in [3.63, 3.8) is 0 Å². The van der Waals surface area contributed by atoms with Crippen molar-refractivity contribution in [2.24, 2.45) is 0 Å². The summed E-state index contributed by atoms with van der Waals surface area (Å²) in [6.07, 6.45) is 0.252. The minimum atomic E-state index is -0.722. The Morgan fingerprint density at radius 1 is 1.62 bits per heavy atom. The molecule has 0 aliphatic rings. The van der Waals surface area contributed by atoms with Gasteiger partial charge in [-0.25, -0.2) is 0 Å². The van der Waals surface area contributed by atoms with E-state index in [9.17, 15) is 4.79 Å². The van der Waals surface area contributed by atoms with E-state index in [1.54, 1.807) is 13.8 Å². The van der Waals surface area contributed by atoms with Gasteiger partial charge in [-0.1, -0.05) is 13.8 Å². The lowest BCUT2D eigenvalue weighted by Gasteiger charge is -2.01. The van der Waals surface area contributed by atoms with Crippen molar-refractivity contribution in [1.29, 1.82) is 0 Å². The van der Waals surface area contributed by atoms with Crippen LogP contribution in [-0.4, -0.2) is 17.0 Å². The first kappa shape index (κ1) is 7.63. The highest BCUT2D eigenvalue weighted by atomic mass is 16.3. The molecule has 0 saturated carbocycles. The normalized spacial score (nSPS) is 13.4. The molecule has 2 nitrogen and oxygen atoms in total. The fraction of sp³-hybridized carbons (Fsp3) is 0.833. The minimum Gasteiger partial charge on any atom is -0.385 e. The molecule has 2 heteroatoms.